The van der Waals surface area contributed by atoms with Crippen LogP contribution in [0, 0.1) is 0 Å². The molecule has 1 saturated carbocycles. The van der Waals surface area contributed by atoms with E-state index in [9.17, 15) is 0 Å². The van der Waals surface area contributed by atoms with Crippen molar-refractivity contribution in [2.45, 2.75) is 24.7 Å². The highest BCUT2D eigenvalue weighted by Gasteiger charge is 2.40. The Bertz CT molecular complexity index is 824. The van der Waals surface area contributed by atoms with Gasteiger partial charge in [-0.25, -0.2) is 15.0 Å². The number of ether oxygens (including phenoxy) is 1. The van der Waals surface area contributed by atoms with Gasteiger partial charge in [0.2, 0.25) is 0 Å². The Morgan fingerprint density at radius 2 is 2.09 bits per heavy atom. The number of nitrogens with zero attached hydrogens (tertiary/aromatic N) is 3. The van der Waals surface area contributed by atoms with E-state index in [1.54, 1.807) is 19.8 Å². The monoisotopic (exact) mass is 309 g/mol. The van der Waals surface area contributed by atoms with Gasteiger partial charge in [0.1, 0.15) is 17.6 Å². The van der Waals surface area contributed by atoms with Gasteiger partial charge in [-0.05, 0) is 18.9 Å². The SMILES string of the molecule is COc1ccccc1C1(CNc2ncnc3nc[nH]c23)CCC1. The third-order valence-electron chi connectivity index (χ3n) is 4.81. The van der Waals surface area contributed by atoms with E-state index >= 15 is 0 Å². The molecule has 2 aromatic heterocycles. The first-order chi connectivity index (χ1) is 11.3. The van der Waals surface area contributed by atoms with Gasteiger partial charge in [0.15, 0.2) is 11.5 Å². The molecule has 2 heterocycles. The van der Waals surface area contributed by atoms with Gasteiger partial charge >= 0.3 is 0 Å². The van der Waals surface area contributed by atoms with Crippen LogP contribution in [0.1, 0.15) is 24.8 Å². The Kier molecular flexibility index (Phi) is 3.37. The molecule has 2 N–H and O–H groups in total. The van der Waals surface area contributed by atoms with Crippen LogP contribution in [0.5, 0.6) is 5.75 Å². The maximum Gasteiger partial charge on any atom is 0.182 e. The Morgan fingerprint density at radius 3 is 2.87 bits per heavy atom. The summed E-state index contributed by atoms with van der Waals surface area (Å²) in [6, 6.07) is 8.30. The number of methoxy groups -OCH3 is 1. The minimum absolute atomic E-state index is 0.101. The fourth-order valence-electron chi connectivity index (χ4n) is 3.38. The number of hydrogen-bond acceptors (Lipinski definition) is 5. The highest BCUT2D eigenvalue weighted by atomic mass is 16.5. The Morgan fingerprint density at radius 1 is 1.22 bits per heavy atom. The largest absolute Gasteiger partial charge is 0.496 e. The molecule has 4 rings (SSSR count). The topological polar surface area (TPSA) is 75.7 Å². The molecule has 1 aliphatic carbocycles. The van der Waals surface area contributed by atoms with Gasteiger partial charge in [-0.1, -0.05) is 24.6 Å². The van der Waals surface area contributed by atoms with E-state index in [2.05, 4.69) is 37.4 Å². The summed E-state index contributed by atoms with van der Waals surface area (Å²) in [7, 11) is 1.73. The van der Waals surface area contributed by atoms with Crippen LogP contribution in [-0.4, -0.2) is 33.6 Å². The second kappa shape index (κ2) is 5.53. The molecule has 1 aliphatic rings. The maximum absolute atomic E-state index is 5.57. The van der Waals surface area contributed by atoms with E-state index in [4.69, 9.17) is 4.74 Å². The third kappa shape index (κ3) is 2.30. The first-order valence-corrected chi connectivity index (χ1v) is 7.84. The number of anilines is 1. The number of aromatic amines is 1. The number of fused-ring (bicyclic) bond motifs is 1. The van der Waals surface area contributed by atoms with Crippen LogP contribution in [0.2, 0.25) is 0 Å². The molecule has 1 fully saturated rings. The second-order valence-electron chi connectivity index (χ2n) is 6.01. The minimum atomic E-state index is 0.101. The van der Waals surface area contributed by atoms with Crippen molar-refractivity contribution in [1.82, 2.24) is 19.9 Å². The molecule has 0 bridgehead atoms. The summed E-state index contributed by atoms with van der Waals surface area (Å²) in [5.41, 5.74) is 2.91. The van der Waals surface area contributed by atoms with Crippen LogP contribution >= 0.6 is 0 Å². The predicted molar refractivity (Wildman–Crippen MR) is 88.7 cm³/mol. The van der Waals surface area contributed by atoms with Gasteiger partial charge in [0.05, 0.1) is 13.4 Å². The smallest absolute Gasteiger partial charge is 0.182 e. The molecule has 0 unspecified atom stereocenters. The average molecular weight is 309 g/mol. The summed E-state index contributed by atoms with van der Waals surface area (Å²) in [5.74, 6) is 1.76. The highest BCUT2D eigenvalue weighted by Crippen LogP contribution is 2.47. The molecule has 6 nitrogen and oxygen atoms in total. The number of aromatic nitrogens is 4. The molecule has 0 aliphatic heterocycles. The number of benzene rings is 1. The summed E-state index contributed by atoms with van der Waals surface area (Å²) in [4.78, 5) is 15.8. The van der Waals surface area contributed by atoms with E-state index in [1.165, 1.54) is 12.0 Å². The highest BCUT2D eigenvalue weighted by molar-refractivity contribution is 5.81. The zero-order valence-corrected chi connectivity index (χ0v) is 13.0. The lowest BCUT2D eigenvalue weighted by Gasteiger charge is -2.43. The third-order valence-corrected chi connectivity index (χ3v) is 4.81. The van der Waals surface area contributed by atoms with Gasteiger partial charge < -0.3 is 15.0 Å². The molecule has 0 atom stereocenters. The standard InChI is InChI=1S/C17H19N5O/c1-23-13-6-3-2-5-12(13)17(7-4-8-17)9-18-15-14-16(20-10-19-14)22-11-21-15/h2-3,5-6,10-11H,4,7-9H2,1H3,(H2,18,19,20,21,22). The van der Waals surface area contributed by atoms with E-state index in [1.807, 2.05) is 12.1 Å². The fraction of sp³-hybridized carbons (Fsp3) is 0.353. The van der Waals surface area contributed by atoms with Crippen LogP contribution in [-0.2, 0) is 5.41 Å². The van der Waals surface area contributed by atoms with Crippen LogP contribution in [0.3, 0.4) is 0 Å². The van der Waals surface area contributed by atoms with Gasteiger partial charge in [-0.3, -0.25) is 0 Å². The molecule has 0 amide bonds. The molecule has 0 spiro atoms. The van der Waals surface area contributed by atoms with Crippen molar-refractivity contribution in [2.24, 2.45) is 0 Å². The molecule has 6 heteroatoms. The Balaban J connectivity index is 1.62. The lowest BCUT2D eigenvalue weighted by molar-refractivity contribution is 0.250. The van der Waals surface area contributed by atoms with E-state index in [-0.39, 0.29) is 5.41 Å². The predicted octanol–water partition coefficient (Wildman–Crippen LogP) is 2.90. The van der Waals surface area contributed by atoms with Gasteiger partial charge in [0, 0.05) is 17.5 Å². The average Bonchev–Trinajstić information content (AvgIpc) is 3.03. The maximum atomic E-state index is 5.57. The number of rotatable bonds is 5. The molecule has 118 valence electrons. The van der Waals surface area contributed by atoms with Gasteiger partial charge in [-0.15, -0.1) is 0 Å². The second-order valence-corrected chi connectivity index (χ2v) is 6.01. The zero-order chi connectivity index (χ0) is 15.7. The summed E-state index contributed by atoms with van der Waals surface area (Å²) >= 11 is 0. The molecule has 0 radical (unpaired) electrons. The summed E-state index contributed by atoms with van der Waals surface area (Å²) in [5, 5.41) is 3.49. The Labute approximate surface area is 134 Å². The van der Waals surface area contributed by atoms with Crippen molar-refractivity contribution in [3.8, 4) is 5.75 Å². The van der Waals surface area contributed by atoms with Crippen LogP contribution in [0.25, 0.3) is 11.2 Å². The van der Waals surface area contributed by atoms with Crippen molar-refractivity contribution < 1.29 is 4.74 Å². The number of nitrogens with one attached hydrogen (secondary N) is 2. The van der Waals surface area contributed by atoms with Crippen LogP contribution in [0.4, 0.5) is 5.82 Å². The minimum Gasteiger partial charge on any atom is -0.496 e. The van der Waals surface area contributed by atoms with Crippen molar-refractivity contribution in [3.63, 3.8) is 0 Å². The van der Waals surface area contributed by atoms with Crippen molar-refractivity contribution in [2.75, 3.05) is 19.0 Å². The summed E-state index contributed by atoms with van der Waals surface area (Å²) in [6.45, 7) is 0.818. The lowest BCUT2D eigenvalue weighted by atomic mass is 9.64. The lowest BCUT2D eigenvalue weighted by Crippen LogP contribution is -2.41. The summed E-state index contributed by atoms with van der Waals surface area (Å²) in [6.07, 6.45) is 6.73. The van der Waals surface area contributed by atoms with Crippen LogP contribution in [0.15, 0.2) is 36.9 Å². The summed E-state index contributed by atoms with van der Waals surface area (Å²) < 4.78 is 5.57. The van der Waals surface area contributed by atoms with Crippen LogP contribution < -0.4 is 10.1 Å². The Hall–Kier alpha value is -2.63. The zero-order valence-electron chi connectivity index (χ0n) is 13.0. The first-order valence-electron chi connectivity index (χ1n) is 7.84. The number of para-hydroxylation sites is 1. The van der Waals surface area contributed by atoms with E-state index < -0.39 is 0 Å². The molecule has 3 aromatic rings. The normalized spacial score (nSPS) is 16.0. The van der Waals surface area contributed by atoms with Gasteiger partial charge in [-0.2, -0.15) is 0 Å². The fourth-order valence-corrected chi connectivity index (χ4v) is 3.38. The van der Waals surface area contributed by atoms with E-state index in [0.717, 1.165) is 36.5 Å². The molecule has 23 heavy (non-hydrogen) atoms. The molecular formula is C17H19N5O. The molecule has 1 aromatic carbocycles. The number of hydrogen-bond donors (Lipinski definition) is 2. The first kappa shape index (κ1) is 14.0. The van der Waals surface area contributed by atoms with E-state index in [0.29, 0.717) is 5.65 Å². The van der Waals surface area contributed by atoms with Crippen molar-refractivity contribution >= 4 is 17.0 Å². The molecule has 0 saturated heterocycles. The number of H-pyrrole nitrogens is 1. The molecular weight excluding hydrogens is 290 g/mol. The number of imidazole rings is 1. The van der Waals surface area contributed by atoms with Gasteiger partial charge in [0.25, 0.3) is 0 Å². The quantitative estimate of drug-likeness (QED) is 0.758. The van der Waals surface area contributed by atoms with Crippen molar-refractivity contribution in [3.05, 3.63) is 42.5 Å². The van der Waals surface area contributed by atoms with Crippen molar-refractivity contribution in [1.29, 1.82) is 0 Å².